The fourth-order valence-electron chi connectivity index (χ4n) is 2.09. The summed E-state index contributed by atoms with van der Waals surface area (Å²) in [6.07, 6.45) is 0.612. The summed E-state index contributed by atoms with van der Waals surface area (Å²) in [5.41, 5.74) is 2.84. The van der Waals surface area contributed by atoms with Crippen molar-refractivity contribution in [3.63, 3.8) is 0 Å². The Morgan fingerprint density at radius 2 is 2.10 bits per heavy atom. The molecule has 0 bridgehead atoms. The number of benzene rings is 1. The first kappa shape index (κ1) is 14.2. The molecule has 6 nitrogen and oxygen atoms in total. The highest BCUT2D eigenvalue weighted by Crippen LogP contribution is 2.18. The van der Waals surface area contributed by atoms with E-state index in [2.05, 4.69) is 10.5 Å². The van der Waals surface area contributed by atoms with Crippen molar-refractivity contribution in [3.8, 4) is 0 Å². The highest BCUT2D eigenvalue weighted by molar-refractivity contribution is 5.39. The van der Waals surface area contributed by atoms with Crippen LogP contribution in [0.15, 0.2) is 28.8 Å². The van der Waals surface area contributed by atoms with E-state index in [9.17, 15) is 10.1 Å². The maximum atomic E-state index is 10.9. The van der Waals surface area contributed by atoms with Crippen LogP contribution in [0.25, 0.3) is 0 Å². The maximum Gasteiger partial charge on any atom is 0.272 e. The second kappa shape index (κ2) is 6.29. The highest BCUT2D eigenvalue weighted by Gasteiger charge is 2.12. The van der Waals surface area contributed by atoms with Gasteiger partial charge in [0.1, 0.15) is 5.76 Å². The Labute approximate surface area is 116 Å². The first-order valence-corrected chi connectivity index (χ1v) is 6.44. The molecule has 2 rings (SSSR count). The summed E-state index contributed by atoms with van der Waals surface area (Å²) < 4.78 is 5.08. The number of nitrogens with one attached hydrogen (secondary N) is 1. The van der Waals surface area contributed by atoms with Crippen molar-refractivity contribution in [2.45, 2.75) is 26.8 Å². The van der Waals surface area contributed by atoms with Crippen molar-refractivity contribution >= 4 is 5.69 Å². The van der Waals surface area contributed by atoms with Gasteiger partial charge in [-0.15, -0.1) is 0 Å². The third-order valence-corrected chi connectivity index (χ3v) is 3.24. The molecule has 1 aromatic heterocycles. The van der Waals surface area contributed by atoms with Crippen LogP contribution in [0.3, 0.4) is 0 Å². The van der Waals surface area contributed by atoms with Crippen molar-refractivity contribution in [3.05, 3.63) is 57.0 Å². The highest BCUT2D eigenvalue weighted by atomic mass is 16.6. The van der Waals surface area contributed by atoms with Gasteiger partial charge in [-0.1, -0.05) is 23.4 Å². The lowest BCUT2D eigenvalue weighted by molar-refractivity contribution is -0.385. The second-order valence-electron chi connectivity index (χ2n) is 4.62. The average molecular weight is 275 g/mol. The van der Waals surface area contributed by atoms with E-state index in [-0.39, 0.29) is 10.6 Å². The molecule has 1 N–H and O–H groups in total. The third kappa shape index (κ3) is 3.21. The first-order valence-electron chi connectivity index (χ1n) is 6.44. The third-order valence-electron chi connectivity index (χ3n) is 3.24. The topological polar surface area (TPSA) is 81.2 Å². The van der Waals surface area contributed by atoms with Gasteiger partial charge in [0.05, 0.1) is 10.6 Å². The normalized spacial score (nSPS) is 10.7. The van der Waals surface area contributed by atoms with Gasteiger partial charge in [-0.25, -0.2) is 0 Å². The minimum Gasteiger partial charge on any atom is -0.361 e. The lowest BCUT2D eigenvalue weighted by Crippen LogP contribution is -2.17. The molecule has 0 spiro atoms. The van der Waals surface area contributed by atoms with Crippen LogP contribution in [-0.2, 0) is 13.0 Å². The van der Waals surface area contributed by atoms with Crippen LogP contribution in [0, 0.1) is 24.0 Å². The smallest absolute Gasteiger partial charge is 0.272 e. The lowest BCUT2D eigenvalue weighted by Gasteiger charge is -2.05. The van der Waals surface area contributed by atoms with E-state index in [4.69, 9.17) is 4.52 Å². The summed E-state index contributed by atoms with van der Waals surface area (Å²) in [5, 5.41) is 18.0. The predicted octanol–water partition coefficient (Wildman–Crippen LogP) is 2.53. The quantitative estimate of drug-likeness (QED) is 0.497. The molecule has 106 valence electrons. The molecule has 0 fully saturated rings. The first-order chi connectivity index (χ1) is 9.59. The summed E-state index contributed by atoms with van der Waals surface area (Å²) in [6.45, 7) is 5.09. The predicted molar refractivity (Wildman–Crippen MR) is 74.5 cm³/mol. The minimum absolute atomic E-state index is 0.173. The fraction of sp³-hybridized carbons (Fsp3) is 0.357. The molecule has 0 radical (unpaired) electrons. The van der Waals surface area contributed by atoms with E-state index in [0.717, 1.165) is 22.6 Å². The van der Waals surface area contributed by atoms with Crippen molar-refractivity contribution in [1.82, 2.24) is 10.5 Å². The Balaban J connectivity index is 1.89. The molecule has 6 heteroatoms. The molecule has 0 saturated carbocycles. The van der Waals surface area contributed by atoms with E-state index >= 15 is 0 Å². The summed E-state index contributed by atoms with van der Waals surface area (Å²) in [6, 6.07) is 6.81. The van der Waals surface area contributed by atoms with E-state index < -0.39 is 0 Å². The molecule has 0 unspecified atom stereocenters. The number of aryl methyl sites for hydroxylation is 2. The number of aromatic nitrogens is 1. The molecule has 0 amide bonds. The molecule has 1 aromatic carbocycles. The van der Waals surface area contributed by atoms with Crippen LogP contribution in [-0.4, -0.2) is 16.6 Å². The Morgan fingerprint density at radius 1 is 1.35 bits per heavy atom. The van der Waals surface area contributed by atoms with Crippen molar-refractivity contribution in [1.29, 1.82) is 0 Å². The number of nitrogens with zero attached hydrogens (tertiary/aromatic N) is 2. The second-order valence-corrected chi connectivity index (χ2v) is 4.62. The van der Waals surface area contributed by atoms with Gasteiger partial charge >= 0.3 is 0 Å². The summed E-state index contributed by atoms with van der Waals surface area (Å²) in [4.78, 5) is 10.6. The number of nitro groups is 1. The van der Waals surface area contributed by atoms with Crippen molar-refractivity contribution in [2.24, 2.45) is 0 Å². The van der Waals surface area contributed by atoms with Crippen molar-refractivity contribution in [2.75, 3.05) is 6.54 Å². The van der Waals surface area contributed by atoms with Crippen LogP contribution >= 0.6 is 0 Å². The van der Waals surface area contributed by atoms with E-state index in [0.29, 0.717) is 19.5 Å². The van der Waals surface area contributed by atoms with E-state index in [1.165, 1.54) is 6.07 Å². The van der Waals surface area contributed by atoms with Gasteiger partial charge in [-0.05, 0) is 26.8 Å². The molecule has 0 atom stereocenters. The van der Waals surface area contributed by atoms with Crippen LogP contribution < -0.4 is 5.32 Å². The lowest BCUT2D eigenvalue weighted by atomic mass is 10.1. The summed E-state index contributed by atoms with van der Waals surface area (Å²) in [7, 11) is 0. The molecule has 1 heterocycles. The number of hydrogen-bond donors (Lipinski definition) is 1. The largest absolute Gasteiger partial charge is 0.361 e. The Bertz CT molecular complexity index is 588. The van der Waals surface area contributed by atoms with Gasteiger partial charge in [-0.2, -0.15) is 0 Å². The SMILES string of the molecule is Cc1noc(C)c1CNCCc1ccccc1[N+](=O)[O-]. The molecule has 0 saturated heterocycles. The zero-order valence-electron chi connectivity index (χ0n) is 11.5. The molecular formula is C14H17N3O3. The van der Waals surface area contributed by atoms with Gasteiger partial charge in [0, 0.05) is 23.7 Å². The molecular weight excluding hydrogens is 258 g/mol. The number of nitro benzene ring substituents is 1. The maximum absolute atomic E-state index is 10.9. The zero-order chi connectivity index (χ0) is 14.5. The Hall–Kier alpha value is -2.21. The molecule has 2 aromatic rings. The van der Waals surface area contributed by atoms with E-state index in [1.807, 2.05) is 19.9 Å². The van der Waals surface area contributed by atoms with E-state index in [1.54, 1.807) is 12.1 Å². The minimum atomic E-state index is -0.344. The molecule has 0 aliphatic heterocycles. The molecule has 20 heavy (non-hydrogen) atoms. The number of hydrogen-bond acceptors (Lipinski definition) is 5. The van der Waals surface area contributed by atoms with Gasteiger partial charge in [-0.3, -0.25) is 10.1 Å². The monoisotopic (exact) mass is 275 g/mol. The Morgan fingerprint density at radius 3 is 2.75 bits per heavy atom. The van der Waals surface area contributed by atoms with Gasteiger partial charge < -0.3 is 9.84 Å². The zero-order valence-corrected chi connectivity index (χ0v) is 11.5. The average Bonchev–Trinajstić information content (AvgIpc) is 2.75. The van der Waals surface area contributed by atoms with Crippen LogP contribution in [0.4, 0.5) is 5.69 Å². The molecule has 0 aliphatic rings. The molecule has 0 aliphatic carbocycles. The van der Waals surface area contributed by atoms with Crippen LogP contribution in [0.5, 0.6) is 0 Å². The van der Waals surface area contributed by atoms with Crippen molar-refractivity contribution < 1.29 is 9.45 Å². The Kier molecular flexibility index (Phi) is 4.47. The van der Waals surface area contributed by atoms with Crippen LogP contribution in [0.2, 0.25) is 0 Å². The number of rotatable bonds is 6. The fourth-order valence-corrected chi connectivity index (χ4v) is 2.09. The summed E-state index contributed by atoms with van der Waals surface area (Å²) >= 11 is 0. The standard InChI is InChI=1S/C14H17N3O3/c1-10-13(11(2)20-16-10)9-15-8-7-12-5-3-4-6-14(12)17(18)19/h3-6,15H,7-9H2,1-2H3. The van der Waals surface area contributed by atoms with Gasteiger partial charge in [0.25, 0.3) is 5.69 Å². The van der Waals surface area contributed by atoms with Gasteiger partial charge in [0.2, 0.25) is 0 Å². The van der Waals surface area contributed by atoms with Gasteiger partial charge in [0.15, 0.2) is 0 Å². The summed E-state index contributed by atoms with van der Waals surface area (Å²) in [5.74, 6) is 0.806. The number of para-hydroxylation sites is 1. The van der Waals surface area contributed by atoms with Crippen LogP contribution in [0.1, 0.15) is 22.6 Å².